The van der Waals surface area contributed by atoms with E-state index in [4.69, 9.17) is 4.74 Å². The summed E-state index contributed by atoms with van der Waals surface area (Å²) in [7, 11) is 0. The molecule has 0 radical (unpaired) electrons. The Labute approximate surface area is 144 Å². The number of carbonyl (C=O) groups is 2. The van der Waals surface area contributed by atoms with Crippen LogP contribution in [-0.2, 0) is 20.7 Å². The van der Waals surface area contributed by atoms with Crippen molar-refractivity contribution in [1.82, 2.24) is 4.90 Å². The van der Waals surface area contributed by atoms with E-state index in [-0.39, 0.29) is 25.5 Å². The summed E-state index contributed by atoms with van der Waals surface area (Å²) in [5, 5.41) is 0. The van der Waals surface area contributed by atoms with Gasteiger partial charge in [0.25, 0.3) is 0 Å². The molecule has 0 saturated carbocycles. The minimum Gasteiger partial charge on any atom is -0.349 e. The van der Waals surface area contributed by atoms with E-state index >= 15 is 0 Å². The monoisotopic (exact) mass is 357 g/mol. The molecule has 0 spiro atoms. The van der Waals surface area contributed by atoms with Crippen molar-refractivity contribution in [2.24, 2.45) is 5.92 Å². The van der Waals surface area contributed by atoms with Crippen LogP contribution in [0.4, 0.5) is 13.2 Å². The van der Waals surface area contributed by atoms with Crippen molar-refractivity contribution >= 4 is 12.2 Å². The molecule has 25 heavy (non-hydrogen) atoms. The first kappa shape index (κ1) is 19.4. The zero-order valence-electron chi connectivity index (χ0n) is 14.0. The average Bonchev–Trinajstić information content (AvgIpc) is 2.96. The van der Waals surface area contributed by atoms with Gasteiger partial charge in [-0.2, -0.15) is 13.2 Å². The Bertz CT molecular complexity index is 577. The predicted octanol–water partition coefficient (Wildman–Crippen LogP) is 3.35. The van der Waals surface area contributed by atoms with Crippen molar-refractivity contribution in [2.45, 2.75) is 51.1 Å². The fraction of sp³-hybridized carbons (Fsp3) is 0.556. The van der Waals surface area contributed by atoms with Gasteiger partial charge in [-0.15, -0.1) is 0 Å². The molecule has 0 aromatic heterocycles. The van der Waals surface area contributed by atoms with Gasteiger partial charge in [0, 0.05) is 12.8 Å². The molecule has 0 N–H and O–H groups in total. The van der Waals surface area contributed by atoms with Gasteiger partial charge in [0.1, 0.15) is 0 Å². The third kappa shape index (κ3) is 5.56. The van der Waals surface area contributed by atoms with Gasteiger partial charge in [-0.3, -0.25) is 9.59 Å². The number of rotatable bonds is 7. The van der Waals surface area contributed by atoms with E-state index in [0.29, 0.717) is 12.7 Å². The highest BCUT2D eigenvalue weighted by molar-refractivity contribution is 5.80. The van der Waals surface area contributed by atoms with Crippen LogP contribution in [0.15, 0.2) is 30.3 Å². The van der Waals surface area contributed by atoms with Crippen LogP contribution in [0.2, 0.25) is 0 Å². The standard InChI is InChI=1S/C18H22F3NO3/c1-2-13(10-18(19,20)21)9-16(24)22-15(12-25-17(22)11-23)8-14-6-4-3-5-7-14/h3-7,11,13,15,17H,2,8-10,12H2,1H3/t13-,15-,17?/m0/s1. The Kier molecular flexibility index (Phi) is 6.58. The normalized spacial score (nSPS) is 22.0. The molecule has 7 heteroatoms. The predicted molar refractivity (Wildman–Crippen MR) is 85.7 cm³/mol. The Balaban J connectivity index is 2.08. The quantitative estimate of drug-likeness (QED) is 0.703. The summed E-state index contributed by atoms with van der Waals surface area (Å²) in [4.78, 5) is 25.1. The zero-order chi connectivity index (χ0) is 18.4. The van der Waals surface area contributed by atoms with Gasteiger partial charge in [-0.25, -0.2) is 0 Å². The molecular formula is C18H22F3NO3. The van der Waals surface area contributed by atoms with Crippen molar-refractivity contribution in [1.29, 1.82) is 0 Å². The molecule has 2 rings (SSSR count). The summed E-state index contributed by atoms with van der Waals surface area (Å²) in [6.07, 6.45) is -5.32. The zero-order valence-corrected chi connectivity index (χ0v) is 14.0. The Morgan fingerprint density at radius 3 is 2.60 bits per heavy atom. The molecule has 1 saturated heterocycles. The first-order chi connectivity index (χ1) is 11.8. The molecule has 1 aliphatic rings. The molecule has 1 aromatic rings. The highest BCUT2D eigenvalue weighted by Crippen LogP contribution is 2.30. The molecule has 1 aliphatic heterocycles. The summed E-state index contributed by atoms with van der Waals surface area (Å²) in [6, 6.07) is 9.05. The van der Waals surface area contributed by atoms with E-state index in [1.807, 2.05) is 30.3 Å². The van der Waals surface area contributed by atoms with Crippen LogP contribution in [0.1, 0.15) is 31.7 Å². The summed E-state index contributed by atoms with van der Waals surface area (Å²) < 4.78 is 43.2. The molecule has 0 aliphatic carbocycles. The van der Waals surface area contributed by atoms with Crippen molar-refractivity contribution < 1.29 is 27.5 Å². The molecule has 1 aromatic carbocycles. The number of nitrogens with zero attached hydrogens (tertiary/aromatic N) is 1. The van der Waals surface area contributed by atoms with E-state index in [1.54, 1.807) is 6.92 Å². The summed E-state index contributed by atoms with van der Waals surface area (Å²) in [5.41, 5.74) is 0.975. The van der Waals surface area contributed by atoms with Gasteiger partial charge in [0.15, 0.2) is 12.5 Å². The summed E-state index contributed by atoms with van der Waals surface area (Å²) in [5.74, 6) is -1.26. The van der Waals surface area contributed by atoms with Crippen molar-refractivity contribution in [2.75, 3.05) is 6.61 Å². The Morgan fingerprint density at radius 2 is 2.04 bits per heavy atom. The largest absolute Gasteiger partial charge is 0.389 e. The van der Waals surface area contributed by atoms with Crippen molar-refractivity contribution in [3.8, 4) is 0 Å². The molecule has 138 valence electrons. The number of benzene rings is 1. The Hall–Kier alpha value is -1.89. The van der Waals surface area contributed by atoms with Gasteiger partial charge in [0.05, 0.1) is 12.6 Å². The fourth-order valence-corrected chi connectivity index (χ4v) is 3.11. The maximum Gasteiger partial charge on any atom is 0.389 e. The molecular weight excluding hydrogens is 335 g/mol. The van der Waals surface area contributed by atoms with E-state index in [1.165, 1.54) is 4.90 Å². The molecule has 1 amide bonds. The Morgan fingerprint density at radius 1 is 1.36 bits per heavy atom. The summed E-state index contributed by atoms with van der Waals surface area (Å²) >= 11 is 0. The van der Waals surface area contributed by atoms with Gasteiger partial charge in [-0.05, 0) is 17.9 Å². The lowest BCUT2D eigenvalue weighted by atomic mass is 9.96. The second-order valence-corrected chi connectivity index (χ2v) is 6.30. The van der Waals surface area contributed by atoms with Crippen molar-refractivity contribution in [3.05, 3.63) is 35.9 Å². The molecule has 1 heterocycles. The second kappa shape index (κ2) is 8.47. The number of halogens is 3. The molecule has 4 nitrogen and oxygen atoms in total. The number of ether oxygens (including phenoxy) is 1. The summed E-state index contributed by atoms with van der Waals surface area (Å²) in [6.45, 7) is 1.82. The van der Waals surface area contributed by atoms with Crippen LogP contribution in [0.5, 0.6) is 0 Å². The first-order valence-electron chi connectivity index (χ1n) is 8.32. The second-order valence-electron chi connectivity index (χ2n) is 6.30. The van der Waals surface area contributed by atoms with Crippen LogP contribution >= 0.6 is 0 Å². The van der Waals surface area contributed by atoms with Crippen LogP contribution in [0.25, 0.3) is 0 Å². The van der Waals surface area contributed by atoms with Gasteiger partial charge in [0.2, 0.25) is 5.91 Å². The third-order valence-corrected chi connectivity index (χ3v) is 4.41. The van der Waals surface area contributed by atoms with Crippen molar-refractivity contribution in [3.63, 3.8) is 0 Å². The number of amides is 1. The van der Waals surface area contributed by atoms with E-state index in [0.717, 1.165) is 5.56 Å². The van der Waals surface area contributed by atoms with Gasteiger partial charge < -0.3 is 9.64 Å². The van der Waals surface area contributed by atoms with Gasteiger partial charge in [-0.1, -0.05) is 43.7 Å². The lowest BCUT2D eigenvalue weighted by Gasteiger charge is -2.28. The maximum atomic E-state index is 12.6. The number of hydrogen-bond acceptors (Lipinski definition) is 3. The average molecular weight is 357 g/mol. The fourth-order valence-electron chi connectivity index (χ4n) is 3.11. The lowest BCUT2D eigenvalue weighted by molar-refractivity contribution is -0.152. The smallest absolute Gasteiger partial charge is 0.349 e. The molecule has 3 atom stereocenters. The number of carbonyl (C=O) groups excluding carboxylic acids is 2. The number of hydrogen-bond donors (Lipinski definition) is 0. The minimum absolute atomic E-state index is 0.195. The SMILES string of the molecule is CC[C@@H](CC(=O)N1C(C=O)OC[C@@H]1Cc1ccccc1)CC(F)(F)F. The van der Waals surface area contributed by atoms with E-state index in [2.05, 4.69) is 0 Å². The minimum atomic E-state index is -4.31. The number of aldehydes is 1. The number of alkyl halides is 3. The van der Waals surface area contributed by atoms with Crippen LogP contribution in [-0.4, -0.2) is 42.1 Å². The van der Waals surface area contributed by atoms with Crippen LogP contribution in [0, 0.1) is 5.92 Å². The highest BCUT2D eigenvalue weighted by atomic mass is 19.4. The first-order valence-corrected chi connectivity index (χ1v) is 8.32. The van der Waals surface area contributed by atoms with Crippen LogP contribution < -0.4 is 0 Å². The van der Waals surface area contributed by atoms with E-state index < -0.39 is 30.7 Å². The highest BCUT2D eigenvalue weighted by Gasteiger charge is 2.39. The lowest BCUT2D eigenvalue weighted by Crippen LogP contribution is -2.44. The molecule has 0 bridgehead atoms. The topological polar surface area (TPSA) is 46.6 Å². The third-order valence-electron chi connectivity index (χ3n) is 4.41. The molecule has 1 fully saturated rings. The molecule has 1 unspecified atom stereocenters. The van der Waals surface area contributed by atoms with Gasteiger partial charge >= 0.3 is 6.18 Å². The van der Waals surface area contributed by atoms with E-state index in [9.17, 15) is 22.8 Å². The van der Waals surface area contributed by atoms with Crippen LogP contribution in [0.3, 0.4) is 0 Å². The maximum absolute atomic E-state index is 12.6.